The first-order valence-electron chi connectivity index (χ1n) is 6.43. The first-order valence-corrected chi connectivity index (χ1v) is 8.10. The molecular formula is C15H15BrFNS. The van der Waals surface area contributed by atoms with Gasteiger partial charge in [0.2, 0.25) is 0 Å². The molecule has 1 aliphatic rings. The monoisotopic (exact) mass is 339 g/mol. The predicted octanol–water partition coefficient (Wildman–Crippen LogP) is 4.81. The average Bonchev–Trinajstić information content (AvgIpc) is 3.10. The molecule has 1 nitrogen and oxygen atoms in total. The molecule has 1 aliphatic carbocycles. The van der Waals surface area contributed by atoms with Crippen molar-refractivity contribution in [2.75, 3.05) is 0 Å². The van der Waals surface area contributed by atoms with E-state index in [-0.39, 0.29) is 5.82 Å². The SMILES string of the molecule is Fc1ccc(CN(Cc2cccs2)C2CC2)c(Br)c1. The molecule has 0 aliphatic heterocycles. The van der Waals surface area contributed by atoms with Crippen LogP contribution in [0.4, 0.5) is 4.39 Å². The molecule has 100 valence electrons. The average molecular weight is 340 g/mol. The van der Waals surface area contributed by atoms with Crippen molar-refractivity contribution < 1.29 is 4.39 Å². The highest BCUT2D eigenvalue weighted by Crippen LogP contribution is 2.32. The predicted molar refractivity (Wildman–Crippen MR) is 80.7 cm³/mol. The third kappa shape index (κ3) is 3.44. The largest absolute Gasteiger partial charge is 0.291 e. The molecule has 0 spiro atoms. The summed E-state index contributed by atoms with van der Waals surface area (Å²) >= 11 is 5.26. The van der Waals surface area contributed by atoms with Gasteiger partial charge in [0.25, 0.3) is 0 Å². The molecule has 0 unspecified atom stereocenters. The van der Waals surface area contributed by atoms with E-state index in [0.29, 0.717) is 6.04 Å². The van der Waals surface area contributed by atoms with Gasteiger partial charge in [-0.3, -0.25) is 4.90 Å². The van der Waals surface area contributed by atoms with E-state index in [4.69, 9.17) is 0 Å². The van der Waals surface area contributed by atoms with Crippen molar-refractivity contribution in [1.29, 1.82) is 0 Å². The van der Waals surface area contributed by atoms with E-state index in [2.05, 4.69) is 38.3 Å². The number of rotatable bonds is 5. The summed E-state index contributed by atoms with van der Waals surface area (Å²) in [5.41, 5.74) is 1.16. The second-order valence-corrected chi connectivity index (χ2v) is 6.84. The molecule has 0 bridgehead atoms. The summed E-state index contributed by atoms with van der Waals surface area (Å²) in [6, 6.07) is 9.93. The van der Waals surface area contributed by atoms with Crippen LogP contribution < -0.4 is 0 Å². The minimum Gasteiger partial charge on any atom is -0.291 e. The lowest BCUT2D eigenvalue weighted by molar-refractivity contribution is 0.247. The molecule has 1 saturated carbocycles. The van der Waals surface area contributed by atoms with E-state index in [1.807, 2.05) is 6.07 Å². The molecule has 19 heavy (non-hydrogen) atoms. The standard InChI is InChI=1S/C15H15BrFNS/c16-15-8-12(17)4-3-11(15)9-18(13-5-6-13)10-14-2-1-7-19-14/h1-4,7-8,13H,5-6,9-10H2. The third-order valence-electron chi connectivity index (χ3n) is 3.39. The number of hydrogen-bond donors (Lipinski definition) is 0. The van der Waals surface area contributed by atoms with Crippen LogP contribution in [0.2, 0.25) is 0 Å². The summed E-state index contributed by atoms with van der Waals surface area (Å²) in [5, 5.41) is 2.12. The smallest absolute Gasteiger partial charge is 0.124 e. The van der Waals surface area contributed by atoms with Gasteiger partial charge in [-0.1, -0.05) is 28.1 Å². The summed E-state index contributed by atoms with van der Waals surface area (Å²) in [7, 11) is 0. The minimum atomic E-state index is -0.188. The molecule has 2 aromatic rings. The van der Waals surface area contributed by atoms with Crippen LogP contribution in [-0.2, 0) is 13.1 Å². The maximum Gasteiger partial charge on any atom is 0.124 e. The van der Waals surface area contributed by atoms with Crippen molar-refractivity contribution in [1.82, 2.24) is 4.90 Å². The van der Waals surface area contributed by atoms with Crippen molar-refractivity contribution in [3.8, 4) is 0 Å². The molecule has 1 aromatic carbocycles. The van der Waals surface area contributed by atoms with Crippen LogP contribution in [0.15, 0.2) is 40.2 Å². The normalized spacial score (nSPS) is 15.1. The first-order chi connectivity index (χ1) is 9.22. The molecular weight excluding hydrogens is 325 g/mol. The van der Waals surface area contributed by atoms with Gasteiger partial charge < -0.3 is 0 Å². The van der Waals surface area contributed by atoms with Crippen LogP contribution >= 0.6 is 27.3 Å². The number of nitrogens with zero attached hydrogens (tertiary/aromatic N) is 1. The van der Waals surface area contributed by atoms with E-state index in [1.165, 1.54) is 23.8 Å². The Kier molecular flexibility index (Phi) is 4.01. The summed E-state index contributed by atoms with van der Waals surface area (Å²) in [6.07, 6.45) is 2.56. The Hall–Kier alpha value is -0.710. The highest BCUT2D eigenvalue weighted by molar-refractivity contribution is 9.10. The van der Waals surface area contributed by atoms with Crippen molar-refractivity contribution in [3.05, 3.63) is 56.4 Å². The zero-order chi connectivity index (χ0) is 13.2. The fourth-order valence-corrected chi connectivity index (χ4v) is 3.43. The van der Waals surface area contributed by atoms with Crippen LogP contribution in [-0.4, -0.2) is 10.9 Å². The molecule has 0 radical (unpaired) electrons. The third-order valence-corrected chi connectivity index (χ3v) is 4.99. The lowest BCUT2D eigenvalue weighted by Gasteiger charge is -2.22. The van der Waals surface area contributed by atoms with Gasteiger partial charge in [0.15, 0.2) is 0 Å². The maximum absolute atomic E-state index is 13.1. The zero-order valence-corrected chi connectivity index (χ0v) is 12.9. The van der Waals surface area contributed by atoms with Crippen LogP contribution in [0.3, 0.4) is 0 Å². The molecule has 1 heterocycles. The van der Waals surface area contributed by atoms with Gasteiger partial charge in [-0.2, -0.15) is 0 Å². The van der Waals surface area contributed by atoms with Gasteiger partial charge in [0.1, 0.15) is 5.82 Å². The molecule has 0 saturated heterocycles. The van der Waals surface area contributed by atoms with E-state index < -0.39 is 0 Å². The summed E-state index contributed by atoms with van der Waals surface area (Å²) in [4.78, 5) is 3.88. The fourth-order valence-electron chi connectivity index (χ4n) is 2.23. The Morgan fingerprint density at radius 1 is 1.26 bits per heavy atom. The van der Waals surface area contributed by atoms with Gasteiger partial charge in [-0.25, -0.2) is 4.39 Å². The van der Waals surface area contributed by atoms with E-state index in [0.717, 1.165) is 23.1 Å². The number of halogens is 2. The highest BCUT2D eigenvalue weighted by Gasteiger charge is 2.29. The topological polar surface area (TPSA) is 3.24 Å². The van der Waals surface area contributed by atoms with Gasteiger partial charge >= 0.3 is 0 Å². The van der Waals surface area contributed by atoms with Crippen LogP contribution in [0.25, 0.3) is 0 Å². The first kappa shape index (κ1) is 13.3. The number of thiophene rings is 1. The second-order valence-electron chi connectivity index (χ2n) is 4.95. The van der Waals surface area contributed by atoms with Crippen molar-refractivity contribution >= 4 is 27.3 Å². The Balaban J connectivity index is 1.74. The molecule has 0 amide bonds. The van der Waals surface area contributed by atoms with Crippen molar-refractivity contribution in [2.45, 2.75) is 32.0 Å². The lowest BCUT2D eigenvalue weighted by atomic mass is 10.2. The summed E-state index contributed by atoms with van der Waals surface area (Å²) < 4.78 is 14.0. The number of benzene rings is 1. The zero-order valence-electron chi connectivity index (χ0n) is 10.5. The van der Waals surface area contributed by atoms with Crippen LogP contribution in [0.1, 0.15) is 23.3 Å². The number of hydrogen-bond acceptors (Lipinski definition) is 2. The van der Waals surface area contributed by atoms with Crippen molar-refractivity contribution in [2.24, 2.45) is 0 Å². The quantitative estimate of drug-likeness (QED) is 0.755. The van der Waals surface area contributed by atoms with Crippen molar-refractivity contribution in [3.63, 3.8) is 0 Å². The minimum absolute atomic E-state index is 0.188. The molecule has 3 rings (SSSR count). The van der Waals surface area contributed by atoms with Crippen LogP contribution in [0.5, 0.6) is 0 Å². The molecule has 1 fully saturated rings. The van der Waals surface area contributed by atoms with Gasteiger partial charge in [-0.15, -0.1) is 11.3 Å². The van der Waals surface area contributed by atoms with Gasteiger partial charge in [0, 0.05) is 28.5 Å². The van der Waals surface area contributed by atoms with E-state index >= 15 is 0 Å². The van der Waals surface area contributed by atoms with E-state index in [1.54, 1.807) is 17.4 Å². The van der Waals surface area contributed by atoms with E-state index in [9.17, 15) is 4.39 Å². The Morgan fingerprint density at radius 3 is 2.74 bits per heavy atom. The highest BCUT2D eigenvalue weighted by atomic mass is 79.9. The van der Waals surface area contributed by atoms with Gasteiger partial charge in [-0.05, 0) is 42.0 Å². The molecule has 1 aromatic heterocycles. The molecule has 4 heteroatoms. The van der Waals surface area contributed by atoms with Gasteiger partial charge in [0.05, 0.1) is 0 Å². The maximum atomic E-state index is 13.1. The Bertz CT molecular complexity index is 551. The Labute approximate surface area is 125 Å². The second kappa shape index (κ2) is 5.73. The lowest BCUT2D eigenvalue weighted by Crippen LogP contribution is -2.24. The Morgan fingerprint density at radius 2 is 2.11 bits per heavy atom. The summed E-state index contributed by atoms with van der Waals surface area (Å²) in [6.45, 7) is 1.87. The fraction of sp³-hybridized carbons (Fsp3) is 0.333. The molecule has 0 atom stereocenters. The summed E-state index contributed by atoms with van der Waals surface area (Å²) in [5.74, 6) is -0.188. The molecule has 0 N–H and O–H groups in total. The van der Waals surface area contributed by atoms with Crippen LogP contribution in [0, 0.1) is 5.82 Å².